The molecule has 0 fully saturated rings. The molecule has 0 unspecified atom stereocenters. The number of halogens is 1. The van der Waals surface area contributed by atoms with Crippen molar-refractivity contribution in [2.24, 2.45) is 0 Å². The summed E-state index contributed by atoms with van der Waals surface area (Å²) in [6, 6.07) is 22.7. The van der Waals surface area contributed by atoms with Gasteiger partial charge in [-0.3, -0.25) is 9.59 Å². The topological polar surface area (TPSA) is 76.0 Å². The van der Waals surface area contributed by atoms with E-state index in [2.05, 4.69) is 31.7 Å². The van der Waals surface area contributed by atoms with E-state index >= 15 is 0 Å². The predicted molar refractivity (Wildman–Crippen MR) is 116 cm³/mol. The lowest BCUT2D eigenvalue weighted by Crippen LogP contribution is -2.33. The van der Waals surface area contributed by atoms with Crippen LogP contribution in [0, 0.1) is 0 Å². The Morgan fingerprint density at radius 1 is 0.966 bits per heavy atom. The molecular formula is C22H17BrN4O2. The predicted octanol–water partition coefficient (Wildman–Crippen LogP) is 4.16. The van der Waals surface area contributed by atoms with Crippen molar-refractivity contribution in [2.75, 3.05) is 11.9 Å². The molecule has 29 heavy (non-hydrogen) atoms. The molecule has 0 radical (unpaired) electrons. The van der Waals surface area contributed by atoms with Gasteiger partial charge in [-0.15, -0.1) is 0 Å². The zero-order chi connectivity index (χ0) is 20.2. The van der Waals surface area contributed by atoms with Gasteiger partial charge >= 0.3 is 0 Å². The average molecular weight is 449 g/mol. The Kier molecular flexibility index (Phi) is 5.39. The van der Waals surface area contributed by atoms with E-state index < -0.39 is 5.91 Å². The summed E-state index contributed by atoms with van der Waals surface area (Å²) in [5.74, 6) is -0.715. The first-order valence-electron chi connectivity index (χ1n) is 8.97. The molecule has 0 bridgehead atoms. The van der Waals surface area contributed by atoms with Gasteiger partial charge in [-0.05, 0) is 35.7 Å². The van der Waals surface area contributed by atoms with Gasteiger partial charge < -0.3 is 10.6 Å². The minimum atomic E-state index is -0.410. The second-order valence-corrected chi connectivity index (χ2v) is 7.30. The molecule has 7 heteroatoms. The molecule has 2 N–H and O–H groups in total. The Morgan fingerprint density at radius 2 is 1.76 bits per heavy atom. The highest BCUT2D eigenvalue weighted by molar-refractivity contribution is 9.10. The Morgan fingerprint density at radius 3 is 2.62 bits per heavy atom. The van der Waals surface area contributed by atoms with Crippen LogP contribution in [0.1, 0.15) is 10.5 Å². The van der Waals surface area contributed by atoms with E-state index in [4.69, 9.17) is 0 Å². The van der Waals surface area contributed by atoms with Crippen LogP contribution in [-0.4, -0.2) is 28.1 Å². The highest BCUT2D eigenvalue weighted by atomic mass is 79.9. The van der Waals surface area contributed by atoms with Gasteiger partial charge in [0.25, 0.3) is 5.91 Å². The number of fused-ring (bicyclic) bond motifs is 1. The van der Waals surface area contributed by atoms with Crippen molar-refractivity contribution in [1.29, 1.82) is 0 Å². The molecule has 1 heterocycles. The molecule has 0 aliphatic heterocycles. The summed E-state index contributed by atoms with van der Waals surface area (Å²) in [7, 11) is 0. The Labute approximate surface area is 175 Å². The lowest BCUT2D eigenvalue weighted by Gasteiger charge is -2.09. The molecule has 0 aliphatic carbocycles. The normalized spacial score (nSPS) is 10.7. The summed E-state index contributed by atoms with van der Waals surface area (Å²) >= 11 is 3.41. The van der Waals surface area contributed by atoms with Gasteiger partial charge in [0, 0.05) is 21.7 Å². The van der Waals surface area contributed by atoms with Crippen molar-refractivity contribution in [2.45, 2.75) is 0 Å². The summed E-state index contributed by atoms with van der Waals surface area (Å²) in [6.07, 6.45) is 1.70. The van der Waals surface area contributed by atoms with E-state index in [9.17, 15) is 9.59 Å². The van der Waals surface area contributed by atoms with Gasteiger partial charge in [-0.25, -0.2) is 4.68 Å². The minimum absolute atomic E-state index is 0.147. The molecule has 4 rings (SSSR count). The van der Waals surface area contributed by atoms with Crippen LogP contribution in [0.25, 0.3) is 16.5 Å². The van der Waals surface area contributed by atoms with Gasteiger partial charge in [0.1, 0.15) is 0 Å². The van der Waals surface area contributed by atoms with Crippen molar-refractivity contribution in [1.82, 2.24) is 15.1 Å². The fourth-order valence-corrected chi connectivity index (χ4v) is 3.37. The lowest BCUT2D eigenvalue weighted by atomic mass is 10.1. The number of hydrogen-bond acceptors (Lipinski definition) is 3. The number of benzene rings is 3. The summed E-state index contributed by atoms with van der Waals surface area (Å²) in [5, 5.41) is 11.7. The van der Waals surface area contributed by atoms with Crippen molar-refractivity contribution in [3.05, 3.63) is 89.2 Å². The van der Waals surface area contributed by atoms with E-state index in [0.717, 1.165) is 20.9 Å². The summed E-state index contributed by atoms with van der Waals surface area (Å²) < 4.78 is 2.53. The maximum absolute atomic E-state index is 12.3. The zero-order valence-electron chi connectivity index (χ0n) is 15.3. The van der Waals surface area contributed by atoms with Crippen LogP contribution < -0.4 is 10.6 Å². The first-order valence-corrected chi connectivity index (χ1v) is 9.77. The number of anilines is 1. The zero-order valence-corrected chi connectivity index (χ0v) is 16.9. The fraction of sp³-hybridized carbons (Fsp3) is 0.0455. The van der Waals surface area contributed by atoms with Crippen LogP contribution in [0.5, 0.6) is 0 Å². The standard InChI is InChI=1S/C22H17BrN4O2/c23-16-7-4-8-17(13-16)27-12-11-20(26-27)22(29)24-14-21(28)25-19-10-3-6-15-5-1-2-9-18(15)19/h1-13H,14H2,(H,24,29)(H,25,28). The number of hydrogen-bond donors (Lipinski definition) is 2. The highest BCUT2D eigenvalue weighted by Crippen LogP contribution is 2.22. The molecule has 0 saturated heterocycles. The summed E-state index contributed by atoms with van der Waals surface area (Å²) in [6.45, 7) is -0.147. The lowest BCUT2D eigenvalue weighted by molar-refractivity contribution is -0.115. The van der Waals surface area contributed by atoms with Gasteiger partial charge in [0.15, 0.2) is 5.69 Å². The van der Waals surface area contributed by atoms with Crippen molar-refractivity contribution in [3.8, 4) is 5.69 Å². The third-order valence-electron chi connectivity index (χ3n) is 4.37. The van der Waals surface area contributed by atoms with Crippen molar-refractivity contribution >= 4 is 44.2 Å². The van der Waals surface area contributed by atoms with Crippen LogP contribution >= 0.6 is 15.9 Å². The Hall–Kier alpha value is -3.45. The molecule has 144 valence electrons. The smallest absolute Gasteiger partial charge is 0.272 e. The van der Waals surface area contributed by atoms with E-state index in [1.165, 1.54) is 0 Å². The number of rotatable bonds is 5. The number of carbonyl (C=O) groups is 2. The van der Waals surface area contributed by atoms with E-state index in [-0.39, 0.29) is 18.1 Å². The van der Waals surface area contributed by atoms with Crippen molar-refractivity contribution < 1.29 is 9.59 Å². The molecule has 1 aromatic heterocycles. The van der Waals surface area contributed by atoms with Crippen LogP contribution in [0.4, 0.5) is 5.69 Å². The quantitative estimate of drug-likeness (QED) is 0.481. The first kappa shape index (κ1) is 18.9. The highest BCUT2D eigenvalue weighted by Gasteiger charge is 2.12. The number of aromatic nitrogens is 2. The van der Waals surface area contributed by atoms with Gasteiger partial charge in [-0.1, -0.05) is 58.4 Å². The molecule has 6 nitrogen and oxygen atoms in total. The number of nitrogens with zero attached hydrogens (tertiary/aromatic N) is 2. The van der Waals surface area contributed by atoms with Crippen LogP contribution in [-0.2, 0) is 4.79 Å². The molecule has 3 aromatic carbocycles. The van der Waals surface area contributed by atoms with Gasteiger partial charge in [-0.2, -0.15) is 5.10 Å². The van der Waals surface area contributed by atoms with E-state index in [1.807, 2.05) is 66.7 Å². The third-order valence-corrected chi connectivity index (χ3v) is 4.86. The number of nitrogens with one attached hydrogen (secondary N) is 2. The maximum Gasteiger partial charge on any atom is 0.272 e. The van der Waals surface area contributed by atoms with E-state index in [0.29, 0.717) is 5.69 Å². The van der Waals surface area contributed by atoms with Crippen LogP contribution in [0.3, 0.4) is 0 Å². The molecule has 0 aliphatic rings. The monoisotopic (exact) mass is 448 g/mol. The SMILES string of the molecule is O=C(CNC(=O)c1ccn(-c2cccc(Br)c2)n1)Nc1cccc2ccccc12. The first-order chi connectivity index (χ1) is 14.1. The van der Waals surface area contributed by atoms with Crippen LogP contribution in [0.15, 0.2) is 83.5 Å². The number of amides is 2. The molecule has 4 aromatic rings. The van der Waals surface area contributed by atoms with Gasteiger partial charge in [0.05, 0.1) is 12.2 Å². The summed E-state index contributed by atoms with van der Waals surface area (Å²) in [4.78, 5) is 24.6. The second kappa shape index (κ2) is 8.28. The third kappa shape index (κ3) is 4.35. The molecule has 0 spiro atoms. The largest absolute Gasteiger partial charge is 0.342 e. The Bertz CT molecular complexity index is 1200. The fourth-order valence-electron chi connectivity index (χ4n) is 2.99. The summed E-state index contributed by atoms with van der Waals surface area (Å²) in [5.41, 5.74) is 1.77. The second-order valence-electron chi connectivity index (χ2n) is 6.38. The Balaban J connectivity index is 1.39. The van der Waals surface area contributed by atoms with Gasteiger partial charge in [0.2, 0.25) is 5.91 Å². The molecular weight excluding hydrogens is 432 g/mol. The van der Waals surface area contributed by atoms with Crippen molar-refractivity contribution in [3.63, 3.8) is 0 Å². The minimum Gasteiger partial charge on any atom is -0.342 e. The number of carbonyl (C=O) groups excluding carboxylic acids is 2. The molecule has 0 saturated carbocycles. The van der Waals surface area contributed by atoms with E-state index in [1.54, 1.807) is 16.9 Å². The maximum atomic E-state index is 12.3. The molecule has 2 amide bonds. The van der Waals surface area contributed by atoms with Crippen LogP contribution in [0.2, 0.25) is 0 Å². The molecule has 0 atom stereocenters. The average Bonchev–Trinajstić information content (AvgIpc) is 3.23.